The van der Waals surface area contributed by atoms with Crippen LogP contribution in [0.4, 0.5) is 0 Å². The maximum atomic E-state index is 10.3. The normalized spacial score (nSPS) is 6.25. The number of carbonyl (C=O) groups is 1. The van der Waals surface area contributed by atoms with Gasteiger partial charge in [0.2, 0.25) is 0 Å². The first kappa shape index (κ1) is 19.5. The second kappa shape index (κ2) is 23.1. The van der Waals surface area contributed by atoms with E-state index in [4.69, 9.17) is 5.26 Å². The third kappa shape index (κ3) is 40.4. The molecule has 0 heterocycles. The molecule has 0 atom stereocenters. The molecule has 0 saturated carbocycles. The zero-order chi connectivity index (χ0) is 13.2. The molecule has 0 aliphatic carbocycles. The smallest absolute Gasteiger partial charge is 0.330 e. The van der Waals surface area contributed by atoms with E-state index < -0.39 is 0 Å². The highest BCUT2D eigenvalue weighted by Crippen LogP contribution is 1.88. The quantitative estimate of drug-likeness (QED) is 0.241. The molecule has 0 radical (unpaired) electrons. The highest BCUT2D eigenvalue weighted by molar-refractivity contribution is 5.81. The summed E-state index contributed by atoms with van der Waals surface area (Å²) in [7, 11) is 0. The van der Waals surface area contributed by atoms with Crippen LogP contribution in [-0.2, 0) is 9.53 Å². The van der Waals surface area contributed by atoms with Crippen molar-refractivity contribution in [1.82, 2.24) is 0 Å². The Balaban J connectivity index is -0.000000201. The van der Waals surface area contributed by atoms with Gasteiger partial charge in [-0.3, -0.25) is 0 Å². The number of hydrogen-bond donors (Lipinski definition) is 0. The molecular formula is C13H19NO2. The van der Waals surface area contributed by atoms with Gasteiger partial charge in [0, 0.05) is 12.2 Å². The first-order chi connectivity index (χ1) is 7.64. The Bertz CT molecular complexity index is 256. The number of nitrogens with zero attached hydrogens (tertiary/aromatic N) is 1. The lowest BCUT2D eigenvalue weighted by atomic mass is 10.4. The predicted molar refractivity (Wildman–Crippen MR) is 66.6 cm³/mol. The van der Waals surface area contributed by atoms with Crippen LogP contribution in [0, 0.1) is 11.3 Å². The van der Waals surface area contributed by atoms with E-state index in [1.54, 1.807) is 6.07 Å². The fourth-order valence-corrected chi connectivity index (χ4v) is 0.376. The summed E-state index contributed by atoms with van der Waals surface area (Å²) in [6.45, 7) is 15.2. The van der Waals surface area contributed by atoms with Crippen molar-refractivity contribution in [2.75, 3.05) is 6.61 Å². The van der Waals surface area contributed by atoms with Gasteiger partial charge in [0.25, 0.3) is 0 Å². The van der Waals surface area contributed by atoms with Gasteiger partial charge >= 0.3 is 5.97 Å². The molecule has 3 heteroatoms. The predicted octanol–water partition coefficient (Wildman–Crippen LogP) is 3.17. The van der Waals surface area contributed by atoms with Gasteiger partial charge in [-0.1, -0.05) is 39.7 Å². The molecular weight excluding hydrogens is 202 g/mol. The Hall–Kier alpha value is -2.04. The van der Waals surface area contributed by atoms with Gasteiger partial charge in [-0.2, -0.15) is 5.26 Å². The van der Waals surface area contributed by atoms with E-state index in [-0.39, 0.29) is 5.97 Å². The minimum Gasteiger partial charge on any atom is -0.463 e. The summed E-state index contributed by atoms with van der Waals surface area (Å²) < 4.78 is 4.67. The van der Waals surface area contributed by atoms with E-state index in [1.807, 2.05) is 6.92 Å². The van der Waals surface area contributed by atoms with Gasteiger partial charge in [0.15, 0.2) is 0 Å². The van der Waals surface area contributed by atoms with Crippen LogP contribution in [0.2, 0.25) is 0 Å². The Morgan fingerprint density at radius 3 is 2.12 bits per heavy atom. The Kier molecular flexibility index (Phi) is 28.2. The third-order valence-corrected chi connectivity index (χ3v) is 1.00. The van der Waals surface area contributed by atoms with E-state index >= 15 is 0 Å². The molecule has 16 heavy (non-hydrogen) atoms. The van der Waals surface area contributed by atoms with Gasteiger partial charge in [0.05, 0.1) is 12.7 Å². The van der Waals surface area contributed by atoms with Crippen LogP contribution in [0.15, 0.2) is 44.2 Å². The average Bonchev–Trinajstić information content (AvgIpc) is 2.30. The summed E-state index contributed by atoms with van der Waals surface area (Å²) in [6, 6.07) is 1.69. The van der Waals surface area contributed by atoms with E-state index in [1.165, 1.54) is 12.2 Å². The SMILES string of the molecule is C=C=C.C=CC#N.C=CC(=O)OCCCC. The van der Waals surface area contributed by atoms with E-state index in [2.05, 4.69) is 36.8 Å². The number of nitriles is 1. The van der Waals surface area contributed by atoms with Crippen LogP contribution in [0.1, 0.15) is 19.8 Å². The number of ether oxygens (including phenoxy) is 1. The van der Waals surface area contributed by atoms with Crippen molar-refractivity contribution in [2.24, 2.45) is 0 Å². The average molecular weight is 221 g/mol. The minimum absolute atomic E-state index is 0.330. The lowest BCUT2D eigenvalue weighted by molar-refractivity contribution is -0.137. The first-order valence-electron chi connectivity index (χ1n) is 4.73. The van der Waals surface area contributed by atoms with Gasteiger partial charge < -0.3 is 4.74 Å². The van der Waals surface area contributed by atoms with Crippen LogP contribution in [0.25, 0.3) is 0 Å². The number of esters is 1. The van der Waals surface area contributed by atoms with Gasteiger partial charge in [0.1, 0.15) is 0 Å². The third-order valence-electron chi connectivity index (χ3n) is 1.00. The monoisotopic (exact) mass is 221 g/mol. The molecule has 0 saturated heterocycles. The maximum absolute atomic E-state index is 10.3. The summed E-state index contributed by atoms with van der Waals surface area (Å²) in [5, 5.41) is 7.51. The minimum atomic E-state index is -0.330. The summed E-state index contributed by atoms with van der Waals surface area (Å²) in [4.78, 5) is 10.3. The summed E-state index contributed by atoms with van der Waals surface area (Å²) in [6.07, 6.45) is 4.33. The summed E-state index contributed by atoms with van der Waals surface area (Å²) >= 11 is 0. The van der Waals surface area contributed by atoms with Crippen molar-refractivity contribution in [1.29, 1.82) is 5.26 Å². The zero-order valence-corrected chi connectivity index (χ0v) is 9.87. The molecule has 0 aliphatic heterocycles. The van der Waals surface area contributed by atoms with E-state index in [0.29, 0.717) is 6.61 Å². The van der Waals surface area contributed by atoms with Crippen LogP contribution < -0.4 is 0 Å². The fourth-order valence-electron chi connectivity index (χ4n) is 0.376. The maximum Gasteiger partial charge on any atom is 0.330 e. The van der Waals surface area contributed by atoms with Crippen LogP contribution in [0.5, 0.6) is 0 Å². The van der Waals surface area contributed by atoms with Crippen molar-refractivity contribution in [3.05, 3.63) is 44.2 Å². The largest absolute Gasteiger partial charge is 0.463 e. The Labute approximate surface area is 98.0 Å². The molecule has 0 spiro atoms. The Morgan fingerprint density at radius 2 is 1.88 bits per heavy atom. The van der Waals surface area contributed by atoms with Crippen LogP contribution >= 0.6 is 0 Å². The van der Waals surface area contributed by atoms with Crippen molar-refractivity contribution in [3.63, 3.8) is 0 Å². The molecule has 0 aliphatic rings. The number of carbonyl (C=O) groups excluding carboxylic acids is 1. The molecule has 0 fully saturated rings. The summed E-state index contributed by atoms with van der Waals surface area (Å²) in [5.74, 6) is -0.330. The molecule has 0 amide bonds. The number of unbranched alkanes of at least 4 members (excludes halogenated alkanes) is 1. The number of hydrogen-bond acceptors (Lipinski definition) is 3. The molecule has 88 valence electrons. The van der Waals surface area contributed by atoms with Crippen LogP contribution in [-0.4, -0.2) is 12.6 Å². The molecule has 3 nitrogen and oxygen atoms in total. The van der Waals surface area contributed by atoms with Crippen molar-refractivity contribution in [3.8, 4) is 6.07 Å². The number of allylic oxidation sites excluding steroid dienone is 1. The van der Waals surface area contributed by atoms with Crippen LogP contribution in [0.3, 0.4) is 0 Å². The second-order valence-electron chi connectivity index (χ2n) is 2.31. The Morgan fingerprint density at radius 1 is 1.44 bits per heavy atom. The molecule has 0 aromatic carbocycles. The zero-order valence-electron chi connectivity index (χ0n) is 9.87. The van der Waals surface area contributed by atoms with Gasteiger partial charge in [-0.25, -0.2) is 4.79 Å². The molecule has 0 N–H and O–H groups in total. The van der Waals surface area contributed by atoms with Gasteiger partial charge in [-0.15, -0.1) is 5.73 Å². The molecule has 0 bridgehead atoms. The molecule has 0 aromatic rings. The highest BCUT2D eigenvalue weighted by Gasteiger charge is 1.91. The van der Waals surface area contributed by atoms with Crippen molar-refractivity contribution >= 4 is 5.97 Å². The lowest BCUT2D eigenvalue weighted by Crippen LogP contribution is -2.00. The standard InChI is InChI=1S/C7H12O2.C3H3N.C3H4/c1-3-5-6-9-7(8)4-2;1-2-3-4;1-3-2/h4H,2-3,5-6H2,1H3;2H,1H2;1-2H2. The second-order valence-corrected chi connectivity index (χ2v) is 2.31. The molecule has 0 rings (SSSR count). The first-order valence-corrected chi connectivity index (χ1v) is 4.73. The number of rotatable bonds is 4. The van der Waals surface area contributed by atoms with E-state index in [9.17, 15) is 4.79 Å². The van der Waals surface area contributed by atoms with Crippen molar-refractivity contribution in [2.45, 2.75) is 19.8 Å². The summed E-state index contributed by atoms with van der Waals surface area (Å²) in [5.41, 5.74) is 2.25. The lowest BCUT2D eigenvalue weighted by Gasteiger charge is -1.97. The molecule has 0 aromatic heterocycles. The van der Waals surface area contributed by atoms with Crippen molar-refractivity contribution < 1.29 is 9.53 Å². The topological polar surface area (TPSA) is 50.1 Å². The fraction of sp³-hybridized carbons (Fsp3) is 0.308. The highest BCUT2D eigenvalue weighted by atomic mass is 16.5. The molecule has 0 unspecified atom stereocenters. The van der Waals surface area contributed by atoms with Gasteiger partial charge in [-0.05, 0) is 6.42 Å². The van der Waals surface area contributed by atoms with E-state index in [0.717, 1.165) is 12.8 Å².